The highest BCUT2D eigenvalue weighted by Gasteiger charge is 2.47. The Morgan fingerprint density at radius 1 is 1.19 bits per heavy atom. The minimum absolute atomic E-state index is 0.0459. The van der Waals surface area contributed by atoms with Crippen LogP contribution >= 0.6 is 0 Å². The topological polar surface area (TPSA) is 109 Å². The first-order valence-corrected chi connectivity index (χ1v) is 14.6. The Kier molecular flexibility index (Phi) is 7.34. The lowest BCUT2D eigenvalue weighted by atomic mass is 9.72. The number of anilines is 1. The van der Waals surface area contributed by atoms with E-state index in [0.717, 1.165) is 37.2 Å². The molecule has 3 aliphatic heterocycles. The molecule has 2 aromatic heterocycles. The van der Waals surface area contributed by atoms with Crippen LogP contribution in [0.15, 0.2) is 36.9 Å². The molecule has 3 aromatic rings. The zero-order valence-electron chi connectivity index (χ0n) is 24.5. The summed E-state index contributed by atoms with van der Waals surface area (Å²) in [7, 11) is 1.90. The van der Waals surface area contributed by atoms with Gasteiger partial charge in [0.15, 0.2) is 11.6 Å². The number of hydrogen-bond donors (Lipinski definition) is 1. The van der Waals surface area contributed by atoms with Crippen LogP contribution in [0.2, 0.25) is 0 Å². The quantitative estimate of drug-likeness (QED) is 0.457. The molecule has 0 radical (unpaired) electrons. The summed E-state index contributed by atoms with van der Waals surface area (Å²) in [5, 5.41) is 7.65. The van der Waals surface area contributed by atoms with Gasteiger partial charge >= 0.3 is 0 Å². The number of rotatable bonds is 7. The number of benzene rings is 1. The van der Waals surface area contributed by atoms with Gasteiger partial charge in [0.2, 0.25) is 5.91 Å². The lowest BCUT2D eigenvalue weighted by Crippen LogP contribution is -2.61. The monoisotopic (exact) mass is 576 g/mol. The number of aryl methyl sites for hydroxylation is 1. The van der Waals surface area contributed by atoms with Crippen LogP contribution in [0.5, 0.6) is 11.5 Å². The predicted octanol–water partition coefficient (Wildman–Crippen LogP) is 3.29. The van der Waals surface area contributed by atoms with E-state index >= 15 is 0 Å². The lowest BCUT2D eigenvalue weighted by molar-refractivity contribution is -0.136. The maximum absolute atomic E-state index is 14.2. The van der Waals surface area contributed by atoms with Gasteiger partial charge in [-0.05, 0) is 51.8 Å². The molecule has 12 heteroatoms. The summed E-state index contributed by atoms with van der Waals surface area (Å²) in [6.45, 7) is 9.86. The second-order valence-corrected chi connectivity index (χ2v) is 11.8. The van der Waals surface area contributed by atoms with Gasteiger partial charge in [-0.2, -0.15) is 5.10 Å². The number of carbonyl (C=O) groups is 2. The van der Waals surface area contributed by atoms with Crippen LogP contribution in [0.1, 0.15) is 61.3 Å². The number of nitrogens with zero attached hydrogens (tertiary/aromatic N) is 7. The highest BCUT2D eigenvalue weighted by molar-refractivity contribution is 5.97. The van der Waals surface area contributed by atoms with Gasteiger partial charge in [-0.15, -0.1) is 0 Å². The van der Waals surface area contributed by atoms with E-state index in [1.54, 1.807) is 17.3 Å². The molecule has 1 spiro atoms. The molecule has 0 unspecified atom stereocenters. The van der Waals surface area contributed by atoms with Crippen molar-refractivity contribution in [2.75, 3.05) is 37.6 Å². The molecule has 0 saturated carbocycles. The third-order valence-electron chi connectivity index (χ3n) is 8.89. The number of halogens is 1. The average Bonchev–Trinajstić information content (AvgIpc) is 3.55. The summed E-state index contributed by atoms with van der Waals surface area (Å²) in [4.78, 5) is 41.1. The Morgan fingerprint density at radius 2 is 1.95 bits per heavy atom. The van der Waals surface area contributed by atoms with Gasteiger partial charge in [0.25, 0.3) is 5.91 Å². The normalized spacial score (nSPS) is 19.1. The molecule has 3 aliphatic rings. The molecule has 222 valence electrons. The smallest absolute Gasteiger partial charge is 0.257 e. The van der Waals surface area contributed by atoms with E-state index in [2.05, 4.69) is 25.3 Å². The molecule has 1 atom stereocenters. The zero-order chi connectivity index (χ0) is 29.6. The molecular formula is C30H37FN8O3. The van der Waals surface area contributed by atoms with E-state index in [1.165, 1.54) is 24.5 Å². The van der Waals surface area contributed by atoms with Gasteiger partial charge in [0, 0.05) is 63.3 Å². The van der Waals surface area contributed by atoms with Crippen LogP contribution < -0.4 is 15.0 Å². The molecule has 11 nitrogen and oxygen atoms in total. The number of carbonyl (C=O) groups excluding carboxylic acids is 2. The number of likely N-dealkylation sites (tertiary alicyclic amines) is 1. The number of piperidine rings is 1. The Hall–Kier alpha value is -4.06. The second-order valence-electron chi connectivity index (χ2n) is 11.8. The van der Waals surface area contributed by atoms with Crippen LogP contribution in [-0.4, -0.2) is 80.1 Å². The standard InChI is InChI=1S/C30H37FN8O3/c1-5-39(19(2)3)28(40)21-12-20(31)6-7-24(21)42-25-15-32-18-34-27(25)38-16-30(17-38)8-10-37(11-9-30)29(41)26-22-13-35-36(4)23(22)14-33-26/h6-7,12-13,15,18-19,26,33H,5,8-11,14,16-17H2,1-4H3/t26-/m0/s1. The number of amides is 2. The molecule has 2 saturated heterocycles. The number of fused-ring (bicyclic) bond motifs is 1. The SMILES string of the molecule is CCN(C(=O)c1cc(F)ccc1Oc1cncnc1N1CC2(CCN(C(=O)[C@H]3NCc4c3cnn4C)CC2)C1)C(C)C. The lowest BCUT2D eigenvalue weighted by Gasteiger charge is -2.54. The first-order chi connectivity index (χ1) is 20.2. The summed E-state index contributed by atoms with van der Waals surface area (Å²) in [5.74, 6) is 0.616. The Labute approximate surface area is 244 Å². The van der Waals surface area contributed by atoms with Crippen molar-refractivity contribution < 1.29 is 18.7 Å². The second kappa shape index (κ2) is 11.0. The van der Waals surface area contributed by atoms with Crippen molar-refractivity contribution in [3.05, 3.63) is 59.6 Å². The van der Waals surface area contributed by atoms with E-state index in [4.69, 9.17) is 4.74 Å². The van der Waals surface area contributed by atoms with Gasteiger partial charge in [-0.1, -0.05) is 0 Å². The molecule has 1 N–H and O–H groups in total. The Balaban J connectivity index is 1.12. The van der Waals surface area contributed by atoms with Crippen molar-refractivity contribution >= 4 is 17.6 Å². The van der Waals surface area contributed by atoms with E-state index in [0.29, 0.717) is 37.7 Å². The van der Waals surface area contributed by atoms with Crippen molar-refractivity contribution in [1.29, 1.82) is 0 Å². The van der Waals surface area contributed by atoms with Gasteiger partial charge in [0.05, 0.1) is 23.7 Å². The Bertz CT molecular complexity index is 1490. The number of ether oxygens (including phenoxy) is 1. The van der Waals surface area contributed by atoms with E-state index in [9.17, 15) is 14.0 Å². The molecule has 6 rings (SSSR count). The van der Waals surface area contributed by atoms with Crippen LogP contribution in [0.3, 0.4) is 0 Å². The van der Waals surface area contributed by atoms with Crippen molar-refractivity contribution in [3.8, 4) is 11.5 Å². The number of nitrogens with one attached hydrogen (secondary N) is 1. The van der Waals surface area contributed by atoms with Gasteiger partial charge in [-0.3, -0.25) is 19.6 Å². The minimum atomic E-state index is -0.505. The molecule has 2 fully saturated rings. The fourth-order valence-corrected chi connectivity index (χ4v) is 6.47. The molecule has 42 heavy (non-hydrogen) atoms. The number of hydrogen-bond acceptors (Lipinski definition) is 8. The third kappa shape index (κ3) is 4.97. The van der Waals surface area contributed by atoms with Crippen molar-refractivity contribution in [2.24, 2.45) is 12.5 Å². The van der Waals surface area contributed by atoms with E-state index < -0.39 is 5.82 Å². The highest BCUT2D eigenvalue weighted by Crippen LogP contribution is 2.45. The average molecular weight is 577 g/mol. The fraction of sp³-hybridized carbons (Fsp3) is 0.500. The van der Waals surface area contributed by atoms with E-state index in [1.807, 2.05) is 37.4 Å². The van der Waals surface area contributed by atoms with E-state index in [-0.39, 0.29) is 40.6 Å². The molecule has 5 heterocycles. The zero-order valence-corrected chi connectivity index (χ0v) is 24.5. The van der Waals surface area contributed by atoms with Crippen LogP contribution in [0, 0.1) is 11.2 Å². The van der Waals surface area contributed by atoms with Crippen LogP contribution in [-0.2, 0) is 18.4 Å². The summed E-state index contributed by atoms with van der Waals surface area (Å²) < 4.78 is 22.3. The van der Waals surface area contributed by atoms with Crippen LogP contribution in [0.25, 0.3) is 0 Å². The Morgan fingerprint density at radius 3 is 2.67 bits per heavy atom. The molecular weight excluding hydrogens is 539 g/mol. The summed E-state index contributed by atoms with van der Waals surface area (Å²) >= 11 is 0. The molecule has 0 bridgehead atoms. The van der Waals surface area contributed by atoms with Crippen molar-refractivity contribution in [3.63, 3.8) is 0 Å². The maximum Gasteiger partial charge on any atom is 0.257 e. The third-order valence-corrected chi connectivity index (χ3v) is 8.89. The maximum atomic E-state index is 14.2. The number of aromatic nitrogens is 4. The summed E-state index contributed by atoms with van der Waals surface area (Å²) in [6, 6.07) is 3.61. The largest absolute Gasteiger partial charge is 0.451 e. The van der Waals surface area contributed by atoms with Crippen molar-refractivity contribution in [1.82, 2.24) is 34.9 Å². The minimum Gasteiger partial charge on any atom is -0.451 e. The molecule has 2 amide bonds. The summed E-state index contributed by atoms with van der Waals surface area (Å²) in [5.41, 5.74) is 2.30. The highest BCUT2D eigenvalue weighted by atomic mass is 19.1. The first-order valence-electron chi connectivity index (χ1n) is 14.6. The van der Waals surface area contributed by atoms with Gasteiger partial charge in [0.1, 0.15) is 23.9 Å². The van der Waals surface area contributed by atoms with Gasteiger partial charge in [-0.25, -0.2) is 14.4 Å². The molecule has 0 aliphatic carbocycles. The van der Waals surface area contributed by atoms with Gasteiger partial charge < -0.3 is 19.4 Å². The molecule has 1 aromatic carbocycles. The predicted molar refractivity (Wildman–Crippen MR) is 154 cm³/mol. The van der Waals surface area contributed by atoms with Crippen molar-refractivity contribution in [2.45, 2.75) is 52.2 Å². The first kappa shape index (κ1) is 28.1. The van der Waals surface area contributed by atoms with Crippen LogP contribution in [0.4, 0.5) is 10.2 Å². The fourth-order valence-electron chi connectivity index (χ4n) is 6.47. The summed E-state index contributed by atoms with van der Waals surface area (Å²) in [6.07, 6.45) is 6.66.